The monoisotopic (exact) mass is 269 g/mol. The van der Waals surface area contributed by atoms with Crippen molar-refractivity contribution in [2.24, 2.45) is 11.1 Å². The molecule has 4 N–H and O–H groups in total. The highest BCUT2D eigenvalue weighted by atomic mass is 32.2. The zero-order chi connectivity index (χ0) is 13.2. The fraction of sp³-hybridized carbons (Fsp3) is 0.364. The lowest BCUT2D eigenvalue weighted by Crippen LogP contribution is -2.43. The Bertz CT molecular complexity index is 552. The second-order valence-corrected chi connectivity index (χ2v) is 5.85. The molecule has 7 heteroatoms. The fourth-order valence-corrected chi connectivity index (χ4v) is 2.47. The first kappa shape index (κ1) is 13.0. The van der Waals surface area contributed by atoms with Crippen LogP contribution >= 0.6 is 0 Å². The summed E-state index contributed by atoms with van der Waals surface area (Å²) in [5.74, 6) is 0.129. The molecular formula is C11H15N3O3S. The average Bonchev–Trinajstić information content (AvgIpc) is 2.23. The Morgan fingerprint density at radius 1 is 1.39 bits per heavy atom. The van der Waals surface area contributed by atoms with Crippen LogP contribution in [0.1, 0.15) is 6.42 Å². The minimum absolute atomic E-state index is 0.0647. The summed E-state index contributed by atoms with van der Waals surface area (Å²) in [6.07, 6.45) is 0.381. The van der Waals surface area contributed by atoms with Gasteiger partial charge in [-0.1, -0.05) is 12.1 Å². The summed E-state index contributed by atoms with van der Waals surface area (Å²) in [4.78, 5) is 11.7. The van der Waals surface area contributed by atoms with Gasteiger partial charge >= 0.3 is 0 Å². The number of nitrogens with one attached hydrogen (secondary N) is 2. The molecule has 1 aromatic rings. The van der Waals surface area contributed by atoms with Crippen molar-refractivity contribution in [1.82, 2.24) is 5.32 Å². The minimum atomic E-state index is -3.83. The van der Waals surface area contributed by atoms with Crippen LogP contribution in [0.3, 0.4) is 0 Å². The third kappa shape index (κ3) is 3.06. The van der Waals surface area contributed by atoms with Crippen LogP contribution in [0.25, 0.3) is 0 Å². The van der Waals surface area contributed by atoms with Gasteiger partial charge in [0.1, 0.15) is 4.90 Å². The van der Waals surface area contributed by atoms with E-state index in [0.29, 0.717) is 12.3 Å². The van der Waals surface area contributed by atoms with Crippen LogP contribution in [0.4, 0.5) is 5.69 Å². The quantitative estimate of drug-likeness (QED) is 0.709. The maximum Gasteiger partial charge on any atom is 0.240 e. The van der Waals surface area contributed by atoms with Gasteiger partial charge in [-0.15, -0.1) is 0 Å². The van der Waals surface area contributed by atoms with E-state index >= 15 is 0 Å². The molecule has 0 atom stereocenters. The van der Waals surface area contributed by atoms with Gasteiger partial charge in [0.25, 0.3) is 0 Å². The highest BCUT2D eigenvalue weighted by Gasteiger charge is 2.21. The zero-order valence-corrected chi connectivity index (χ0v) is 10.5. The zero-order valence-electron chi connectivity index (χ0n) is 9.72. The van der Waals surface area contributed by atoms with Crippen molar-refractivity contribution in [1.29, 1.82) is 0 Å². The van der Waals surface area contributed by atoms with Crippen molar-refractivity contribution in [2.75, 3.05) is 18.4 Å². The summed E-state index contributed by atoms with van der Waals surface area (Å²) in [5.41, 5.74) is 0.234. The molecule has 98 valence electrons. The molecule has 1 fully saturated rings. The largest absolute Gasteiger partial charge is 0.325 e. The Hall–Kier alpha value is -1.44. The number of primary sulfonamides is 1. The maximum atomic E-state index is 11.7. The lowest BCUT2D eigenvalue weighted by atomic mass is 9.99. The van der Waals surface area contributed by atoms with Crippen molar-refractivity contribution in [3.05, 3.63) is 24.3 Å². The van der Waals surface area contributed by atoms with Crippen LogP contribution in [-0.4, -0.2) is 27.4 Å². The summed E-state index contributed by atoms with van der Waals surface area (Å²) in [5, 5.41) is 10.7. The van der Waals surface area contributed by atoms with Gasteiger partial charge in [0.2, 0.25) is 15.9 Å². The van der Waals surface area contributed by atoms with Crippen LogP contribution in [-0.2, 0) is 14.8 Å². The first-order chi connectivity index (χ1) is 8.47. The number of carbonyl (C=O) groups is 1. The number of rotatable bonds is 4. The smallest absolute Gasteiger partial charge is 0.240 e. The molecule has 0 bridgehead atoms. The Kier molecular flexibility index (Phi) is 3.65. The molecule has 0 aliphatic carbocycles. The van der Waals surface area contributed by atoms with Crippen molar-refractivity contribution in [3.8, 4) is 0 Å². The van der Waals surface area contributed by atoms with Crippen LogP contribution in [0.2, 0.25) is 0 Å². The van der Waals surface area contributed by atoms with E-state index in [0.717, 1.165) is 13.1 Å². The molecule has 1 saturated heterocycles. The van der Waals surface area contributed by atoms with Gasteiger partial charge in [0.05, 0.1) is 5.69 Å². The minimum Gasteiger partial charge on any atom is -0.325 e. The van der Waals surface area contributed by atoms with Crippen LogP contribution in [0, 0.1) is 5.92 Å². The fourth-order valence-electron chi connectivity index (χ4n) is 1.77. The first-order valence-corrected chi connectivity index (χ1v) is 7.14. The van der Waals surface area contributed by atoms with E-state index in [9.17, 15) is 13.2 Å². The molecule has 0 spiro atoms. The Morgan fingerprint density at radius 2 is 2.06 bits per heavy atom. The second-order valence-electron chi connectivity index (χ2n) is 4.32. The topological polar surface area (TPSA) is 101 Å². The molecule has 1 aromatic carbocycles. The Morgan fingerprint density at radius 3 is 2.61 bits per heavy atom. The number of benzene rings is 1. The number of sulfonamides is 1. The molecule has 0 saturated carbocycles. The predicted octanol–water partition coefficient (Wildman–Crippen LogP) is -0.118. The van der Waals surface area contributed by atoms with Crippen LogP contribution in [0.5, 0.6) is 0 Å². The van der Waals surface area contributed by atoms with Gasteiger partial charge in [-0.25, -0.2) is 13.6 Å². The van der Waals surface area contributed by atoms with E-state index in [2.05, 4.69) is 10.6 Å². The molecule has 0 radical (unpaired) electrons. The molecule has 0 unspecified atom stereocenters. The molecule has 1 heterocycles. The van der Waals surface area contributed by atoms with Gasteiger partial charge < -0.3 is 10.6 Å². The summed E-state index contributed by atoms with van der Waals surface area (Å²) in [6, 6.07) is 6.10. The van der Waals surface area contributed by atoms with E-state index in [-0.39, 0.29) is 16.5 Å². The SMILES string of the molecule is NS(=O)(=O)c1ccccc1NC(=O)CC1CNC1. The summed E-state index contributed by atoms with van der Waals surface area (Å²) >= 11 is 0. The van der Waals surface area contributed by atoms with E-state index < -0.39 is 10.0 Å². The molecule has 18 heavy (non-hydrogen) atoms. The number of hydrogen-bond acceptors (Lipinski definition) is 4. The highest BCUT2D eigenvalue weighted by molar-refractivity contribution is 7.89. The van der Waals surface area contributed by atoms with Crippen molar-refractivity contribution >= 4 is 21.6 Å². The number of nitrogens with two attached hydrogens (primary N) is 1. The van der Waals surface area contributed by atoms with Crippen LogP contribution in [0.15, 0.2) is 29.2 Å². The van der Waals surface area contributed by atoms with Crippen LogP contribution < -0.4 is 15.8 Å². The van der Waals surface area contributed by atoms with E-state index in [1.165, 1.54) is 12.1 Å². The molecule has 6 nitrogen and oxygen atoms in total. The van der Waals surface area contributed by atoms with Gasteiger partial charge in [-0.3, -0.25) is 4.79 Å². The molecule has 2 rings (SSSR count). The van der Waals surface area contributed by atoms with Gasteiger partial charge in [0, 0.05) is 6.42 Å². The van der Waals surface area contributed by atoms with E-state index in [4.69, 9.17) is 5.14 Å². The van der Waals surface area contributed by atoms with Crippen molar-refractivity contribution in [2.45, 2.75) is 11.3 Å². The number of hydrogen-bond donors (Lipinski definition) is 3. The lowest BCUT2D eigenvalue weighted by molar-refractivity contribution is -0.117. The third-order valence-corrected chi connectivity index (χ3v) is 3.78. The number of anilines is 1. The summed E-state index contributed by atoms with van der Waals surface area (Å²) in [7, 11) is -3.83. The Labute approximate surface area is 106 Å². The van der Waals surface area contributed by atoms with Gasteiger partial charge in [-0.2, -0.15) is 0 Å². The highest BCUT2D eigenvalue weighted by Crippen LogP contribution is 2.20. The summed E-state index contributed by atoms with van der Waals surface area (Å²) < 4.78 is 22.7. The first-order valence-electron chi connectivity index (χ1n) is 5.59. The van der Waals surface area contributed by atoms with Crippen molar-refractivity contribution < 1.29 is 13.2 Å². The summed E-state index contributed by atoms with van der Waals surface area (Å²) in [6.45, 7) is 1.65. The standard InChI is InChI=1S/C11H15N3O3S/c12-18(16,17)10-4-2-1-3-9(10)14-11(15)5-8-6-13-7-8/h1-4,8,13H,5-7H2,(H,14,15)(H2,12,16,17). The maximum absolute atomic E-state index is 11.7. The average molecular weight is 269 g/mol. The molecule has 1 aliphatic rings. The molecular weight excluding hydrogens is 254 g/mol. The second kappa shape index (κ2) is 5.05. The van der Waals surface area contributed by atoms with Gasteiger partial charge in [-0.05, 0) is 31.1 Å². The van der Waals surface area contributed by atoms with Gasteiger partial charge in [0.15, 0.2) is 0 Å². The van der Waals surface area contributed by atoms with Crippen molar-refractivity contribution in [3.63, 3.8) is 0 Å². The van der Waals surface area contributed by atoms with E-state index in [1.54, 1.807) is 12.1 Å². The van der Waals surface area contributed by atoms with E-state index in [1.807, 2.05) is 0 Å². The molecule has 1 amide bonds. The normalized spacial score (nSPS) is 16.1. The number of para-hydroxylation sites is 1. The molecule has 0 aromatic heterocycles. The molecule has 1 aliphatic heterocycles. The number of carbonyl (C=O) groups excluding carboxylic acids is 1. The predicted molar refractivity (Wildman–Crippen MR) is 67.4 cm³/mol. The third-order valence-electron chi connectivity index (χ3n) is 2.81. The Balaban J connectivity index is 2.11. The lowest BCUT2D eigenvalue weighted by Gasteiger charge is -2.26. The number of amides is 1.